The molecule has 1 heterocycles. The lowest BCUT2D eigenvalue weighted by Gasteiger charge is -2.08. The second-order valence-electron chi connectivity index (χ2n) is 3.75. The molecule has 0 saturated carbocycles. The van der Waals surface area contributed by atoms with Crippen molar-refractivity contribution in [1.82, 2.24) is 5.32 Å². The third-order valence-electron chi connectivity index (χ3n) is 2.46. The average molecular weight is 330 g/mol. The van der Waals surface area contributed by atoms with E-state index in [0.717, 1.165) is 3.79 Å². The van der Waals surface area contributed by atoms with Crippen LogP contribution in [-0.4, -0.2) is 15.3 Å². The monoisotopic (exact) mass is 329 g/mol. The fraction of sp³-hybridized carbons (Fsp3) is 0.167. The zero-order chi connectivity index (χ0) is 13.1. The van der Waals surface area contributed by atoms with Crippen LogP contribution in [0.3, 0.4) is 0 Å². The lowest BCUT2D eigenvalue weighted by atomic mass is 10.1. The van der Waals surface area contributed by atoms with Gasteiger partial charge in [0.2, 0.25) is 5.75 Å². The molecule has 0 aliphatic rings. The van der Waals surface area contributed by atoms with Crippen LogP contribution in [0, 0.1) is 0 Å². The molecule has 0 saturated heterocycles. The van der Waals surface area contributed by atoms with Gasteiger partial charge in [0.25, 0.3) is 0 Å². The van der Waals surface area contributed by atoms with Crippen molar-refractivity contribution >= 4 is 27.3 Å². The Morgan fingerprint density at radius 1 is 1.00 bits per heavy atom. The van der Waals surface area contributed by atoms with Crippen molar-refractivity contribution < 1.29 is 15.3 Å². The number of benzene rings is 1. The topological polar surface area (TPSA) is 72.7 Å². The van der Waals surface area contributed by atoms with E-state index < -0.39 is 5.75 Å². The molecule has 2 aromatic rings. The molecule has 0 radical (unpaired) electrons. The van der Waals surface area contributed by atoms with E-state index >= 15 is 0 Å². The fourth-order valence-electron chi connectivity index (χ4n) is 1.52. The zero-order valence-corrected chi connectivity index (χ0v) is 11.8. The van der Waals surface area contributed by atoms with Gasteiger partial charge in [0.15, 0.2) is 11.5 Å². The van der Waals surface area contributed by atoms with Gasteiger partial charge in [0, 0.05) is 23.5 Å². The minimum atomic E-state index is -0.479. The van der Waals surface area contributed by atoms with Crippen LogP contribution in [0.1, 0.15) is 10.4 Å². The molecule has 0 bridgehead atoms. The van der Waals surface area contributed by atoms with E-state index in [1.807, 2.05) is 12.1 Å². The van der Waals surface area contributed by atoms with Gasteiger partial charge in [-0.2, -0.15) is 0 Å². The molecule has 4 N–H and O–H groups in total. The van der Waals surface area contributed by atoms with E-state index in [4.69, 9.17) is 0 Å². The summed E-state index contributed by atoms with van der Waals surface area (Å²) in [5, 5.41) is 31.4. The summed E-state index contributed by atoms with van der Waals surface area (Å²) in [5.74, 6) is -1.08. The minimum Gasteiger partial charge on any atom is -0.504 e. The Labute approximate surface area is 117 Å². The zero-order valence-electron chi connectivity index (χ0n) is 9.35. The first-order valence-electron chi connectivity index (χ1n) is 5.25. The lowest BCUT2D eigenvalue weighted by molar-refractivity contribution is 0.364. The summed E-state index contributed by atoms with van der Waals surface area (Å²) in [4.78, 5) is 1.17. The molecule has 0 spiro atoms. The van der Waals surface area contributed by atoms with Gasteiger partial charge in [-0.3, -0.25) is 0 Å². The highest BCUT2D eigenvalue weighted by Crippen LogP contribution is 2.36. The molecule has 0 amide bonds. The minimum absolute atomic E-state index is 0.283. The maximum Gasteiger partial charge on any atom is 0.200 e. The van der Waals surface area contributed by atoms with Crippen molar-refractivity contribution in [3.8, 4) is 17.2 Å². The molecule has 1 aromatic carbocycles. The maximum atomic E-state index is 9.62. The van der Waals surface area contributed by atoms with E-state index in [0.29, 0.717) is 18.7 Å². The summed E-state index contributed by atoms with van der Waals surface area (Å²) in [6.07, 6.45) is 0. The smallest absolute Gasteiger partial charge is 0.200 e. The molecular weight excluding hydrogens is 318 g/mol. The number of thiophene rings is 1. The first kappa shape index (κ1) is 13.2. The Hall–Kier alpha value is -1.24. The largest absolute Gasteiger partial charge is 0.504 e. The molecule has 0 aliphatic heterocycles. The first-order chi connectivity index (χ1) is 8.58. The summed E-state index contributed by atoms with van der Waals surface area (Å²) < 4.78 is 1.07. The molecule has 0 atom stereocenters. The SMILES string of the molecule is Oc1ccc(CNCc2ccc(Br)s2)c(O)c1O. The van der Waals surface area contributed by atoms with Crippen LogP contribution in [-0.2, 0) is 13.1 Å². The molecule has 18 heavy (non-hydrogen) atoms. The highest BCUT2D eigenvalue weighted by Gasteiger charge is 2.10. The normalized spacial score (nSPS) is 10.7. The van der Waals surface area contributed by atoms with Crippen molar-refractivity contribution in [2.45, 2.75) is 13.1 Å². The number of halogens is 1. The van der Waals surface area contributed by atoms with Crippen LogP contribution in [0.15, 0.2) is 28.1 Å². The molecule has 2 rings (SSSR count). The maximum absolute atomic E-state index is 9.62. The predicted octanol–water partition coefficient (Wildman–Crippen LogP) is 2.92. The third kappa shape index (κ3) is 2.95. The second kappa shape index (κ2) is 5.60. The summed E-state index contributed by atoms with van der Waals surface area (Å²) in [6.45, 7) is 1.09. The van der Waals surface area contributed by atoms with Gasteiger partial charge in [-0.1, -0.05) is 6.07 Å². The number of hydrogen-bond donors (Lipinski definition) is 4. The molecule has 96 valence electrons. The van der Waals surface area contributed by atoms with Gasteiger partial charge in [0.1, 0.15) is 0 Å². The summed E-state index contributed by atoms with van der Waals surface area (Å²) >= 11 is 5.02. The Morgan fingerprint density at radius 2 is 1.78 bits per heavy atom. The van der Waals surface area contributed by atoms with Crippen molar-refractivity contribution in [2.75, 3.05) is 0 Å². The number of phenols is 3. The van der Waals surface area contributed by atoms with Crippen LogP contribution in [0.5, 0.6) is 17.2 Å². The molecule has 6 heteroatoms. The van der Waals surface area contributed by atoms with Gasteiger partial charge in [-0.05, 0) is 34.1 Å². The Kier molecular flexibility index (Phi) is 4.11. The number of nitrogens with one attached hydrogen (secondary N) is 1. The van der Waals surface area contributed by atoms with Crippen molar-refractivity contribution in [1.29, 1.82) is 0 Å². The molecule has 0 fully saturated rings. The molecular formula is C12H12BrNO3S. The predicted molar refractivity (Wildman–Crippen MR) is 74.0 cm³/mol. The summed E-state index contributed by atoms with van der Waals surface area (Å²) in [7, 11) is 0. The van der Waals surface area contributed by atoms with Crippen molar-refractivity contribution in [3.05, 3.63) is 38.5 Å². The third-order valence-corrected chi connectivity index (χ3v) is 4.08. The van der Waals surface area contributed by atoms with Gasteiger partial charge < -0.3 is 20.6 Å². The van der Waals surface area contributed by atoms with E-state index in [1.165, 1.54) is 10.9 Å². The van der Waals surface area contributed by atoms with Crippen LogP contribution in [0.4, 0.5) is 0 Å². The highest BCUT2D eigenvalue weighted by atomic mass is 79.9. The Bertz CT molecular complexity index is 556. The van der Waals surface area contributed by atoms with E-state index in [-0.39, 0.29) is 11.5 Å². The summed E-state index contributed by atoms with van der Waals surface area (Å²) in [5.41, 5.74) is 0.543. The molecule has 4 nitrogen and oxygen atoms in total. The quantitative estimate of drug-likeness (QED) is 0.651. The summed E-state index contributed by atoms with van der Waals surface area (Å²) in [6, 6.07) is 6.91. The Balaban J connectivity index is 1.96. The standard InChI is InChI=1S/C12H12BrNO3S/c13-10-4-2-8(18-10)6-14-5-7-1-3-9(15)12(17)11(7)16/h1-4,14-17H,5-6H2. The number of hydrogen-bond acceptors (Lipinski definition) is 5. The van der Waals surface area contributed by atoms with E-state index in [9.17, 15) is 15.3 Å². The van der Waals surface area contributed by atoms with Crippen LogP contribution in [0.2, 0.25) is 0 Å². The first-order valence-corrected chi connectivity index (χ1v) is 6.86. The van der Waals surface area contributed by atoms with Gasteiger partial charge >= 0.3 is 0 Å². The number of phenolic OH excluding ortho intramolecular Hbond substituents is 3. The lowest BCUT2D eigenvalue weighted by Crippen LogP contribution is -2.11. The van der Waals surface area contributed by atoms with Crippen molar-refractivity contribution in [3.63, 3.8) is 0 Å². The van der Waals surface area contributed by atoms with Gasteiger partial charge in [-0.15, -0.1) is 11.3 Å². The number of rotatable bonds is 4. The van der Waals surface area contributed by atoms with Gasteiger partial charge in [0.05, 0.1) is 3.79 Å². The van der Waals surface area contributed by atoms with Crippen molar-refractivity contribution in [2.24, 2.45) is 0 Å². The van der Waals surface area contributed by atoms with Crippen LogP contribution in [0.25, 0.3) is 0 Å². The highest BCUT2D eigenvalue weighted by molar-refractivity contribution is 9.11. The average Bonchev–Trinajstić information content (AvgIpc) is 2.75. The molecule has 0 aliphatic carbocycles. The van der Waals surface area contributed by atoms with E-state index in [1.54, 1.807) is 17.4 Å². The molecule has 0 unspecified atom stereocenters. The van der Waals surface area contributed by atoms with Gasteiger partial charge in [-0.25, -0.2) is 0 Å². The Morgan fingerprint density at radius 3 is 2.44 bits per heavy atom. The van der Waals surface area contributed by atoms with Crippen LogP contribution < -0.4 is 5.32 Å². The fourth-order valence-corrected chi connectivity index (χ4v) is 2.97. The molecule has 1 aromatic heterocycles. The number of aromatic hydroxyl groups is 3. The van der Waals surface area contributed by atoms with Crippen LogP contribution >= 0.6 is 27.3 Å². The van der Waals surface area contributed by atoms with E-state index in [2.05, 4.69) is 21.2 Å². The second-order valence-corrected chi connectivity index (χ2v) is 6.30.